The Morgan fingerprint density at radius 1 is 1.11 bits per heavy atom. The number of hydrogen-bond acceptors (Lipinski definition) is 3. The van der Waals surface area contributed by atoms with Gasteiger partial charge in [-0.1, -0.05) is 42.5 Å². The van der Waals surface area contributed by atoms with Crippen LogP contribution in [0.5, 0.6) is 0 Å². The minimum Gasteiger partial charge on any atom is -0.369 e. The normalized spacial score (nSPS) is 19.0. The lowest BCUT2D eigenvalue weighted by molar-refractivity contribution is 0.214. The third-order valence-corrected chi connectivity index (χ3v) is 7.24. The van der Waals surface area contributed by atoms with Gasteiger partial charge in [0.2, 0.25) is 0 Å². The summed E-state index contributed by atoms with van der Waals surface area (Å²) in [5.41, 5.74) is 2.97. The molecule has 28 heavy (non-hydrogen) atoms. The molecule has 2 amide bonds. The van der Waals surface area contributed by atoms with Crippen molar-refractivity contribution in [3.8, 4) is 0 Å². The second-order valence-corrected chi connectivity index (χ2v) is 10.0. The Bertz CT molecular complexity index is 839. The van der Waals surface area contributed by atoms with Crippen molar-refractivity contribution in [2.75, 3.05) is 36.1 Å². The van der Waals surface area contributed by atoms with Crippen LogP contribution in [-0.2, 0) is 17.3 Å². The van der Waals surface area contributed by atoms with Gasteiger partial charge in [-0.25, -0.2) is 4.79 Å². The molecule has 1 aliphatic heterocycles. The number of benzene rings is 2. The maximum Gasteiger partial charge on any atom is 0.321 e. The van der Waals surface area contributed by atoms with Crippen LogP contribution in [-0.4, -0.2) is 45.8 Å². The third kappa shape index (κ3) is 4.93. The van der Waals surface area contributed by atoms with E-state index in [0.29, 0.717) is 18.8 Å². The molecule has 0 spiro atoms. The number of carbonyl (C=O) groups is 1. The molecule has 1 heterocycles. The summed E-state index contributed by atoms with van der Waals surface area (Å²) in [7, 11) is 1.11. The monoisotopic (exact) mass is 399 g/mol. The second-order valence-electron chi connectivity index (χ2n) is 7.84. The van der Waals surface area contributed by atoms with Gasteiger partial charge in [-0.2, -0.15) is 0 Å². The molecule has 1 unspecified atom stereocenters. The van der Waals surface area contributed by atoms with E-state index in [1.54, 1.807) is 4.90 Å². The summed E-state index contributed by atoms with van der Waals surface area (Å²) in [6.45, 7) is 5.91. The minimum atomic E-state index is -0.916. The number of anilines is 2. The first-order valence-corrected chi connectivity index (χ1v) is 11.0. The molecule has 150 valence electrons. The molecule has 1 atom stereocenters. The minimum absolute atomic E-state index is 0.129. The third-order valence-electron chi connectivity index (χ3n) is 5.25. The second kappa shape index (κ2) is 8.78. The van der Waals surface area contributed by atoms with Crippen LogP contribution < -0.4 is 10.2 Å². The number of rotatable bonds is 4. The Kier molecular flexibility index (Phi) is 6.39. The highest BCUT2D eigenvalue weighted by Crippen LogP contribution is 2.27. The lowest BCUT2D eigenvalue weighted by Gasteiger charge is -2.26. The summed E-state index contributed by atoms with van der Waals surface area (Å²) in [5, 5.41) is 3.06. The Labute approximate surface area is 170 Å². The standard InChI is InChI=1S/C22H29N3O2S/c1-22(2)13-14-25(15-16-28(22)27)21(26)23-19-11-7-8-12-20(19)24(3)17-18-9-5-4-6-10-18/h4-12H,13-17H2,1-3H3,(H,23,26). The molecule has 3 rings (SSSR count). The lowest BCUT2D eigenvalue weighted by Crippen LogP contribution is -2.37. The number of nitrogens with zero attached hydrogens (tertiary/aromatic N) is 2. The Hall–Kier alpha value is -2.34. The van der Waals surface area contributed by atoms with E-state index in [-0.39, 0.29) is 10.8 Å². The maximum absolute atomic E-state index is 12.9. The van der Waals surface area contributed by atoms with E-state index in [0.717, 1.165) is 24.3 Å². The molecule has 0 aliphatic carbocycles. The number of nitrogens with one attached hydrogen (secondary N) is 1. The summed E-state index contributed by atoms with van der Waals surface area (Å²) in [6.07, 6.45) is 0.739. The predicted octanol–water partition coefficient (Wildman–Crippen LogP) is 4.09. The van der Waals surface area contributed by atoms with Gasteiger partial charge in [-0.3, -0.25) is 4.21 Å². The molecule has 1 fully saturated rings. The molecule has 0 saturated carbocycles. The van der Waals surface area contributed by atoms with Crippen LogP contribution in [0.2, 0.25) is 0 Å². The number of para-hydroxylation sites is 2. The Balaban J connectivity index is 1.70. The lowest BCUT2D eigenvalue weighted by atomic mass is 10.1. The number of hydrogen-bond donors (Lipinski definition) is 1. The zero-order valence-electron chi connectivity index (χ0n) is 16.9. The smallest absolute Gasteiger partial charge is 0.321 e. The Morgan fingerprint density at radius 3 is 2.54 bits per heavy atom. The average molecular weight is 400 g/mol. The van der Waals surface area contributed by atoms with Crippen molar-refractivity contribution >= 4 is 28.2 Å². The van der Waals surface area contributed by atoms with Gasteiger partial charge in [-0.05, 0) is 38.0 Å². The molecule has 1 N–H and O–H groups in total. The number of amides is 2. The zero-order chi connectivity index (χ0) is 20.1. The van der Waals surface area contributed by atoms with Crippen LogP contribution in [0, 0.1) is 0 Å². The molecule has 2 aromatic carbocycles. The van der Waals surface area contributed by atoms with Gasteiger partial charge in [0.25, 0.3) is 0 Å². The van der Waals surface area contributed by atoms with Crippen LogP contribution >= 0.6 is 0 Å². The van der Waals surface area contributed by atoms with Crippen molar-refractivity contribution in [3.05, 3.63) is 60.2 Å². The zero-order valence-corrected chi connectivity index (χ0v) is 17.7. The summed E-state index contributed by atoms with van der Waals surface area (Å²) < 4.78 is 12.1. The van der Waals surface area contributed by atoms with E-state index >= 15 is 0 Å². The van der Waals surface area contributed by atoms with Crippen molar-refractivity contribution in [1.82, 2.24) is 4.90 Å². The molecular weight excluding hydrogens is 370 g/mol. The maximum atomic E-state index is 12.9. The Morgan fingerprint density at radius 2 is 1.79 bits per heavy atom. The van der Waals surface area contributed by atoms with Crippen LogP contribution in [0.15, 0.2) is 54.6 Å². The molecule has 0 aromatic heterocycles. The highest BCUT2D eigenvalue weighted by atomic mass is 32.2. The van der Waals surface area contributed by atoms with E-state index in [4.69, 9.17) is 0 Å². The quantitative estimate of drug-likeness (QED) is 0.843. The molecule has 2 aromatic rings. The van der Waals surface area contributed by atoms with Gasteiger partial charge in [0, 0.05) is 48.0 Å². The van der Waals surface area contributed by atoms with E-state index < -0.39 is 10.8 Å². The van der Waals surface area contributed by atoms with Gasteiger partial charge in [0.1, 0.15) is 0 Å². The first-order chi connectivity index (χ1) is 13.4. The average Bonchev–Trinajstić information content (AvgIpc) is 2.81. The fourth-order valence-corrected chi connectivity index (χ4v) is 4.61. The van der Waals surface area contributed by atoms with E-state index in [1.807, 2.05) is 63.4 Å². The molecule has 1 aliphatic rings. The fraction of sp³-hybridized carbons (Fsp3) is 0.409. The summed E-state index contributed by atoms with van der Waals surface area (Å²) in [4.78, 5) is 16.8. The molecule has 1 saturated heterocycles. The van der Waals surface area contributed by atoms with Crippen LogP contribution in [0.3, 0.4) is 0 Å². The van der Waals surface area contributed by atoms with Gasteiger partial charge in [0.05, 0.1) is 11.4 Å². The molecule has 0 bridgehead atoms. The molecule has 6 heteroatoms. The van der Waals surface area contributed by atoms with Crippen molar-refractivity contribution in [3.63, 3.8) is 0 Å². The highest BCUT2D eigenvalue weighted by Gasteiger charge is 2.31. The van der Waals surface area contributed by atoms with Crippen LogP contribution in [0.4, 0.5) is 16.2 Å². The van der Waals surface area contributed by atoms with Crippen molar-refractivity contribution in [1.29, 1.82) is 0 Å². The fourth-order valence-electron chi connectivity index (χ4n) is 3.35. The van der Waals surface area contributed by atoms with Gasteiger partial charge in [0.15, 0.2) is 0 Å². The number of urea groups is 1. The highest BCUT2D eigenvalue weighted by molar-refractivity contribution is 7.86. The van der Waals surface area contributed by atoms with Gasteiger partial charge < -0.3 is 15.1 Å². The van der Waals surface area contributed by atoms with Gasteiger partial charge >= 0.3 is 6.03 Å². The topological polar surface area (TPSA) is 52.7 Å². The van der Waals surface area contributed by atoms with E-state index in [1.165, 1.54) is 5.56 Å². The van der Waals surface area contributed by atoms with Crippen molar-refractivity contribution in [2.45, 2.75) is 31.6 Å². The van der Waals surface area contributed by atoms with Crippen LogP contribution in [0.25, 0.3) is 0 Å². The summed E-state index contributed by atoms with van der Waals surface area (Å²) >= 11 is 0. The van der Waals surface area contributed by atoms with E-state index in [9.17, 15) is 9.00 Å². The summed E-state index contributed by atoms with van der Waals surface area (Å²) in [6, 6.07) is 18.0. The van der Waals surface area contributed by atoms with Crippen LogP contribution in [0.1, 0.15) is 25.8 Å². The van der Waals surface area contributed by atoms with Crippen molar-refractivity contribution < 1.29 is 9.00 Å². The number of carbonyl (C=O) groups excluding carboxylic acids is 1. The first kappa shape index (κ1) is 20.4. The van der Waals surface area contributed by atoms with Crippen molar-refractivity contribution in [2.24, 2.45) is 0 Å². The largest absolute Gasteiger partial charge is 0.369 e. The summed E-state index contributed by atoms with van der Waals surface area (Å²) in [5.74, 6) is 0.524. The SMILES string of the molecule is CN(Cc1ccccc1)c1ccccc1NC(=O)N1CCS(=O)C(C)(C)CC1. The molecule has 0 radical (unpaired) electrons. The molecule has 5 nitrogen and oxygen atoms in total. The predicted molar refractivity (Wildman–Crippen MR) is 117 cm³/mol. The van der Waals surface area contributed by atoms with E-state index in [2.05, 4.69) is 22.3 Å². The first-order valence-electron chi connectivity index (χ1n) is 9.65. The molecular formula is C22H29N3O2S. The van der Waals surface area contributed by atoms with Gasteiger partial charge in [-0.15, -0.1) is 0 Å².